The second kappa shape index (κ2) is 7.35. The monoisotopic (exact) mass is 284 g/mol. The van der Waals surface area contributed by atoms with E-state index in [9.17, 15) is 14.3 Å². The number of nitro groups is 1. The molecular formula is C13H20N2O3S. The van der Waals surface area contributed by atoms with Gasteiger partial charge in [0.05, 0.1) is 15.7 Å². The van der Waals surface area contributed by atoms with Crippen molar-refractivity contribution >= 4 is 16.5 Å². The van der Waals surface area contributed by atoms with Gasteiger partial charge >= 0.3 is 0 Å². The van der Waals surface area contributed by atoms with Crippen LogP contribution in [0.2, 0.25) is 0 Å². The molecule has 1 aromatic carbocycles. The van der Waals surface area contributed by atoms with Crippen molar-refractivity contribution in [1.29, 1.82) is 0 Å². The number of rotatable bonds is 7. The Labute approximate surface area is 116 Å². The highest BCUT2D eigenvalue weighted by atomic mass is 32.2. The van der Waals surface area contributed by atoms with Crippen molar-refractivity contribution in [2.45, 2.75) is 31.7 Å². The molecule has 0 amide bonds. The van der Waals surface area contributed by atoms with Crippen LogP contribution >= 0.6 is 0 Å². The van der Waals surface area contributed by atoms with Crippen LogP contribution in [-0.2, 0) is 10.8 Å². The third-order valence-electron chi connectivity index (χ3n) is 2.91. The highest BCUT2D eigenvalue weighted by molar-refractivity contribution is 7.85. The quantitative estimate of drug-likeness (QED) is 0.616. The Kier molecular flexibility index (Phi) is 6.11. The molecule has 5 nitrogen and oxygen atoms in total. The van der Waals surface area contributed by atoms with Gasteiger partial charge in [-0.2, -0.15) is 0 Å². The van der Waals surface area contributed by atoms with Crippen LogP contribution in [0.15, 0.2) is 29.2 Å². The van der Waals surface area contributed by atoms with Crippen molar-refractivity contribution < 1.29 is 9.13 Å². The second-order valence-electron chi connectivity index (χ2n) is 4.65. The third-order valence-corrected chi connectivity index (χ3v) is 4.41. The van der Waals surface area contributed by atoms with E-state index in [4.69, 9.17) is 0 Å². The minimum Gasteiger partial charge on any atom is -0.313 e. The molecule has 0 spiro atoms. The average Bonchev–Trinajstić information content (AvgIpc) is 2.37. The normalized spacial score (nSPS) is 14.3. The Hall–Kier alpha value is -1.27. The van der Waals surface area contributed by atoms with E-state index < -0.39 is 15.7 Å². The van der Waals surface area contributed by atoms with Crippen LogP contribution in [0.5, 0.6) is 0 Å². The highest BCUT2D eigenvalue weighted by Crippen LogP contribution is 2.22. The Balaban J connectivity index is 2.91. The van der Waals surface area contributed by atoms with E-state index in [0.717, 1.165) is 6.54 Å². The van der Waals surface area contributed by atoms with Gasteiger partial charge in [-0.25, -0.2) is 0 Å². The summed E-state index contributed by atoms with van der Waals surface area (Å²) >= 11 is 0. The number of nitrogens with one attached hydrogen (secondary N) is 1. The first-order chi connectivity index (χ1) is 8.97. The van der Waals surface area contributed by atoms with Gasteiger partial charge in [0.25, 0.3) is 5.69 Å². The fraction of sp³-hybridized carbons (Fsp3) is 0.538. The summed E-state index contributed by atoms with van der Waals surface area (Å²) in [4.78, 5) is 10.7. The summed E-state index contributed by atoms with van der Waals surface area (Å²) in [5.74, 6) is 0.711. The van der Waals surface area contributed by atoms with Crippen molar-refractivity contribution in [1.82, 2.24) is 5.32 Å². The van der Waals surface area contributed by atoms with E-state index in [0.29, 0.717) is 16.6 Å². The van der Waals surface area contributed by atoms with Gasteiger partial charge in [-0.15, -0.1) is 0 Å². The SMILES string of the molecule is CCNC(CS(=O)c1ccccc1[N+](=O)[O-])C(C)C. The van der Waals surface area contributed by atoms with Gasteiger partial charge in [0.15, 0.2) is 0 Å². The summed E-state index contributed by atoms with van der Waals surface area (Å²) in [6.45, 7) is 6.87. The lowest BCUT2D eigenvalue weighted by atomic mass is 10.1. The average molecular weight is 284 g/mol. The van der Waals surface area contributed by atoms with Gasteiger partial charge < -0.3 is 5.32 Å². The molecule has 0 radical (unpaired) electrons. The van der Waals surface area contributed by atoms with Crippen LogP contribution in [0.1, 0.15) is 20.8 Å². The van der Waals surface area contributed by atoms with E-state index in [1.807, 2.05) is 20.8 Å². The molecule has 2 unspecified atom stereocenters. The molecule has 0 aliphatic rings. The van der Waals surface area contributed by atoms with Crippen LogP contribution in [0.3, 0.4) is 0 Å². The van der Waals surface area contributed by atoms with E-state index >= 15 is 0 Å². The summed E-state index contributed by atoms with van der Waals surface area (Å²) in [7, 11) is -1.37. The number of benzene rings is 1. The van der Waals surface area contributed by atoms with Crippen molar-refractivity contribution in [3.05, 3.63) is 34.4 Å². The maximum Gasteiger partial charge on any atom is 0.285 e. The third kappa shape index (κ3) is 4.40. The molecule has 0 aromatic heterocycles. The van der Waals surface area contributed by atoms with Gasteiger partial charge in [0.2, 0.25) is 0 Å². The predicted octanol–water partition coefficient (Wildman–Crippen LogP) is 2.34. The number of nitro benzene ring substituents is 1. The number of nitrogens with zero attached hydrogens (tertiary/aromatic N) is 1. The molecule has 0 heterocycles. The Morgan fingerprint density at radius 2 is 2.00 bits per heavy atom. The summed E-state index contributed by atoms with van der Waals surface area (Å²) in [5.41, 5.74) is -0.0696. The minimum atomic E-state index is -1.37. The number of hydrogen-bond donors (Lipinski definition) is 1. The first-order valence-electron chi connectivity index (χ1n) is 6.32. The van der Waals surface area contributed by atoms with Gasteiger partial charge in [0.1, 0.15) is 4.90 Å². The summed E-state index contributed by atoms with van der Waals surface area (Å²) < 4.78 is 12.3. The van der Waals surface area contributed by atoms with Gasteiger partial charge in [-0.3, -0.25) is 14.3 Å². The van der Waals surface area contributed by atoms with E-state index in [-0.39, 0.29) is 11.7 Å². The van der Waals surface area contributed by atoms with Crippen molar-refractivity contribution in [3.63, 3.8) is 0 Å². The van der Waals surface area contributed by atoms with Gasteiger partial charge in [-0.1, -0.05) is 32.9 Å². The zero-order chi connectivity index (χ0) is 14.4. The van der Waals surface area contributed by atoms with Gasteiger partial charge in [-0.05, 0) is 18.5 Å². The maximum absolute atomic E-state index is 12.3. The molecular weight excluding hydrogens is 264 g/mol. The smallest absolute Gasteiger partial charge is 0.285 e. The number of hydrogen-bond acceptors (Lipinski definition) is 4. The van der Waals surface area contributed by atoms with E-state index in [1.165, 1.54) is 6.07 Å². The molecule has 0 aliphatic carbocycles. The van der Waals surface area contributed by atoms with Crippen LogP contribution in [0.25, 0.3) is 0 Å². The zero-order valence-corrected chi connectivity index (χ0v) is 12.3. The lowest BCUT2D eigenvalue weighted by molar-refractivity contribution is -0.387. The predicted molar refractivity (Wildman–Crippen MR) is 76.7 cm³/mol. The molecule has 1 rings (SSSR count). The second-order valence-corrected chi connectivity index (χ2v) is 6.11. The molecule has 0 saturated heterocycles. The van der Waals surface area contributed by atoms with Gasteiger partial charge in [0, 0.05) is 17.9 Å². The van der Waals surface area contributed by atoms with Crippen LogP contribution in [0, 0.1) is 16.0 Å². The molecule has 2 atom stereocenters. The zero-order valence-electron chi connectivity index (χ0n) is 11.5. The molecule has 6 heteroatoms. The summed E-state index contributed by atoms with van der Waals surface area (Å²) in [6.07, 6.45) is 0. The van der Waals surface area contributed by atoms with Crippen molar-refractivity contribution in [2.24, 2.45) is 5.92 Å². The van der Waals surface area contributed by atoms with Crippen LogP contribution < -0.4 is 5.32 Å². The fourth-order valence-electron chi connectivity index (χ4n) is 1.80. The molecule has 0 saturated carbocycles. The molecule has 0 bridgehead atoms. The largest absolute Gasteiger partial charge is 0.313 e. The summed E-state index contributed by atoms with van der Waals surface area (Å²) in [6, 6.07) is 6.31. The van der Waals surface area contributed by atoms with Crippen LogP contribution in [0.4, 0.5) is 5.69 Å². The maximum atomic E-state index is 12.3. The minimum absolute atomic E-state index is 0.0696. The van der Waals surface area contributed by atoms with E-state index in [1.54, 1.807) is 18.2 Å². The topological polar surface area (TPSA) is 72.2 Å². The molecule has 0 fully saturated rings. The molecule has 106 valence electrons. The van der Waals surface area contributed by atoms with Crippen molar-refractivity contribution in [2.75, 3.05) is 12.3 Å². The highest BCUT2D eigenvalue weighted by Gasteiger charge is 2.22. The van der Waals surface area contributed by atoms with E-state index in [2.05, 4.69) is 5.32 Å². The Bertz CT molecular complexity index is 463. The lowest BCUT2D eigenvalue weighted by Gasteiger charge is -2.21. The molecule has 19 heavy (non-hydrogen) atoms. The fourth-order valence-corrected chi connectivity index (χ4v) is 3.42. The Morgan fingerprint density at radius 1 is 1.37 bits per heavy atom. The molecule has 1 aromatic rings. The summed E-state index contributed by atoms with van der Waals surface area (Å²) in [5, 5.41) is 14.2. The first-order valence-corrected chi connectivity index (χ1v) is 7.64. The van der Waals surface area contributed by atoms with Crippen LogP contribution in [-0.4, -0.2) is 27.5 Å². The van der Waals surface area contributed by atoms with Crippen molar-refractivity contribution in [3.8, 4) is 0 Å². The first kappa shape index (κ1) is 15.8. The molecule has 0 aliphatic heterocycles. The Morgan fingerprint density at radius 3 is 2.53 bits per heavy atom. The number of para-hydroxylation sites is 1. The lowest BCUT2D eigenvalue weighted by Crippen LogP contribution is -2.38. The standard InChI is InChI=1S/C13H20N2O3S/c1-4-14-11(10(2)3)9-19(18)13-8-6-5-7-12(13)15(16)17/h5-8,10-11,14H,4,9H2,1-3H3. The molecule has 1 N–H and O–H groups in total.